The summed E-state index contributed by atoms with van der Waals surface area (Å²) in [5.74, 6) is -0.366. The van der Waals surface area contributed by atoms with Crippen molar-refractivity contribution in [1.29, 1.82) is 0 Å². The van der Waals surface area contributed by atoms with Gasteiger partial charge >= 0.3 is 0 Å². The van der Waals surface area contributed by atoms with E-state index < -0.39 is 4.92 Å². The SMILES string of the molecule is CCOC1CC(N)C1NC(=O)c1cc([N+](=O)[O-])cn1CC. The van der Waals surface area contributed by atoms with E-state index >= 15 is 0 Å². The lowest BCUT2D eigenvalue weighted by Gasteiger charge is -2.42. The molecule has 3 unspecified atom stereocenters. The van der Waals surface area contributed by atoms with Crippen LogP contribution in [-0.4, -0.2) is 40.2 Å². The van der Waals surface area contributed by atoms with Crippen LogP contribution in [0.1, 0.15) is 30.8 Å². The number of nitro groups is 1. The number of carbonyl (C=O) groups excluding carboxylic acids is 1. The van der Waals surface area contributed by atoms with Crippen molar-refractivity contribution in [3.63, 3.8) is 0 Å². The number of aromatic nitrogens is 1. The van der Waals surface area contributed by atoms with Gasteiger partial charge in [-0.2, -0.15) is 0 Å². The first-order valence-electron chi connectivity index (χ1n) is 7.00. The Morgan fingerprint density at radius 2 is 2.33 bits per heavy atom. The van der Waals surface area contributed by atoms with E-state index in [9.17, 15) is 14.9 Å². The Labute approximate surface area is 122 Å². The van der Waals surface area contributed by atoms with Gasteiger partial charge in [-0.05, 0) is 20.3 Å². The fourth-order valence-corrected chi connectivity index (χ4v) is 2.50. The summed E-state index contributed by atoms with van der Waals surface area (Å²) in [6, 6.07) is 0.876. The molecular weight excluding hydrogens is 276 g/mol. The molecule has 3 N–H and O–H groups in total. The number of nitrogens with zero attached hydrogens (tertiary/aromatic N) is 2. The molecule has 1 aliphatic carbocycles. The molecule has 0 radical (unpaired) electrons. The van der Waals surface area contributed by atoms with Crippen molar-refractivity contribution in [1.82, 2.24) is 9.88 Å². The third-order valence-electron chi connectivity index (χ3n) is 3.71. The maximum Gasteiger partial charge on any atom is 0.287 e. The highest BCUT2D eigenvalue weighted by Crippen LogP contribution is 2.24. The third kappa shape index (κ3) is 3.06. The number of nitrogens with two attached hydrogens (primary N) is 1. The Bertz CT molecular complexity index is 540. The number of nitrogens with one attached hydrogen (secondary N) is 1. The lowest BCUT2D eigenvalue weighted by atomic mass is 9.83. The molecule has 1 fully saturated rings. The average Bonchev–Trinajstić information content (AvgIpc) is 2.89. The summed E-state index contributed by atoms with van der Waals surface area (Å²) < 4.78 is 7.04. The minimum atomic E-state index is -0.513. The number of hydrogen-bond acceptors (Lipinski definition) is 5. The van der Waals surface area contributed by atoms with Crippen LogP contribution in [-0.2, 0) is 11.3 Å². The van der Waals surface area contributed by atoms with Crippen molar-refractivity contribution >= 4 is 11.6 Å². The molecule has 0 spiro atoms. The highest BCUT2D eigenvalue weighted by molar-refractivity contribution is 5.94. The van der Waals surface area contributed by atoms with E-state index in [-0.39, 0.29) is 35.5 Å². The molecule has 1 aliphatic rings. The summed E-state index contributed by atoms with van der Waals surface area (Å²) in [4.78, 5) is 22.6. The van der Waals surface area contributed by atoms with Crippen LogP contribution in [0.2, 0.25) is 0 Å². The zero-order valence-corrected chi connectivity index (χ0v) is 12.1. The zero-order chi connectivity index (χ0) is 15.6. The van der Waals surface area contributed by atoms with E-state index in [0.29, 0.717) is 19.6 Å². The number of aryl methyl sites for hydroxylation is 1. The van der Waals surface area contributed by atoms with Gasteiger partial charge in [0.25, 0.3) is 11.6 Å². The maximum atomic E-state index is 12.3. The van der Waals surface area contributed by atoms with E-state index in [1.807, 2.05) is 13.8 Å². The van der Waals surface area contributed by atoms with Crippen LogP contribution in [0.15, 0.2) is 12.3 Å². The third-order valence-corrected chi connectivity index (χ3v) is 3.71. The summed E-state index contributed by atoms with van der Waals surface area (Å²) in [5, 5.41) is 13.6. The van der Waals surface area contributed by atoms with Gasteiger partial charge in [-0.15, -0.1) is 0 Å². The summed E-state index contributed by atoms with van der Waals surface area (Å²) in [6.07, 6.45) is 1.97. The van der Waals surface area contributed by atoms with Gasteiger partial charge in [0, 0.05) is 25.3 Å². The molecule has 3 atom stereocenters. The van der Waals surface area contributed by atoms with Crippen LogP contribution in [0.4, 0.5) is 5.69 Å². The second kappa shape index (κ2) is 6.23. The number of ether oxygens (including phenoxy) is 1. The Hall–Kier alpha value is -1.93. The Morgan fingerprint density at radius 1 is 1.62 bits per heavy atom. The van der Waals surface area contributed by atoms with E-state index in [1.165, 1.54) is 12.3 Å². The van der Waals surface area contributed by atoms with E-state index in [1.54, 1.807) is 4.57 Å². The minimum absolute atomic E-state index is 0.0889. The molecule has 2 rings (SSSR count). The summed E-state index contributed by atoms with van der Waals surface area (Å²) >= 11 is 0. The van der Waals surface area contributed by atoms with Gasteiger partial charge in [-0.25, -0.2) is 0 Å². The quantitative estimate of drug-likeness (QED) is 0.591. The molecule has 116 valence electrons. The number of carbonyl (C=O) groups is 1. The van der Waals surface area contributed by atoms with Gasteiger partial charge in [-0.1, -0.05) is 0 Å². The molecule has 8 heteroatoms. The monoisotopic (exact) mass is 296 g/mol. The van der Waals surface area contributed by atoms with E-state index in [2.05, 4.69) is 5.32 Å². The second-order valence-corrected chi connectivity index (χ2v) is 5.02. The van der Waals surface area contributed by atoms with Crippen LogP contribution in [0.5, 0.6) is 0 Å². The highest BCUT2D eigenvalue weighted by atomic mass is 16.6. The molecule has 0 aliphatic heterocycles. The second-order valence-electron chi connectivity index (χ2n) is 5.02. The molecule has 1 aromatic rings. The minimum Gasteiger partial charge on any atom is -0.376 e. The predicted molar refractivity (Wildman–Crippen MR) is 76.0 cm³/mol. The molecule has 1 heterocycles. The van der Waals surface area contributed by atoms with Crippen molar-refractivity contribution in [2.24, 2.45) is 5.73 Å². The zero-order valence-electron chi connectivity index (χ0n) is 12.1. The van der Waals surface area contributed by atoms with Crippen LogP contribution < -0.4 is 11.1 Å². The van der Waals surface area contributed by atoms with Crippen molar-refractivity contribution in [2.75, 3.05) is 6.61 Å². The molecule has 0 saturated heterocycles. The summed E-state index contributed by atoms with van der Waals surface area (Å²) in [6.45, 7) is 4.73. The molecule has 0 aromatic carbocycles. The molecule has 0 bridgehead atoms. The van der Waals surface area contributed by atoms with Crippen LogP contribution >= 0.6 is 0 Å². The van der Waals surface area contributed by atoms with Gasteiger partial charge in [0.05, 0.1) is 23.3 Å². The smallest absolute Gasteiger partial charge is 0.287 e. The molecule has 21 heavy (non-hydrogen) atoms. The number of amides is 1. The largest absolute Gasteiger partial charge is 0.376 e. The lowest BCUT2D eigenvalue weighted by molar-refractivity contribution is -0.384. The summed E-state index contributed by atoms with van der Waals surface area (Å²) in [7, 11) is 0. The van der Waals surface area contributed by atoms with Crippen molar-refractivity contribution in [2.45, 2.75) is 45.0 Å². The predicted octanol–water partition coefficient (Wildman–Crippen LogP) is 0.651. The fourth-order valence-electron chi connectivity index (χ4n) is 2.50. The Balaban J connectivity index is 2.11. The van der Waals surface area contributed by atoms with Gasteiger partial charge in [-0.3, -0.25) is 14.9 Å². The van der Waals surface area contributed by atoms with Gasteiger partial charge in [0.1, 0.15) is 5.69 Å². The van der Waals surface area contributed by atoms with E-state index in [4.69, 9.17) is 10.5 Å². The van der Waals surface area contributed by atoms with Gasteiger partial charge in [0.15, 0.2) is 0 Å². The normalized spacial score (nSPS) is 24.4. The average molecular weight is 296 g/mol. The number of hydrogen-bond donors (Lipinski definition) is 2. The molecular formula is C13H20N4O4. The Morgan fingerprint density at radius 3 is 2.86 bits per heavy atom. The molecule has 1 aromatic heterocycles. The number of rotatable bonds is 6. The highest BCUT2D eigenvalue weighted by Gasteiger charge is 2.40. The topological polar surface area (TPSA) is 112 Å². The van der Waals surface area contributed by atoms with Crippen molar-refractivity contribution < 1.29 is 14.5 Å². The van der Waals surface area contributed by atoms with E-state index in [0.717, 1.165) is 0 Å². The standard InChI is InChI=1S/C13H20N4O4/c1-3-16-7-8(17(19)20)5-10(16)13(18)15-12-9(14)6-11(12)21-4-2/h5,7,9,11-12H,3-4,6,14H2,1-2H3,(H,15,18). The molecule has 1 saturated carbocycles. The molecule has 1 amide bonds. The Kier molecular flexibility index (Phi) is 4.59. The van der Waals surface area contributed by atoms with Crippen LogP contribution in [0.25, 0.3) is 0 Å². The summed E-state index contributed by atoms with van der Waals surface area (Å²) in [5.41, 5.74) is 6.05. The first kappa shape index (κ1) is 15.5. The van der Waals surface area contributed by atoms with Crippen LogP contribution in [0.3, 0.4) is 0 Å². The first-order chi connectivity index (χ1) is 9.97. The first-order valence-corrected chi connectivity index (χ1v) is 7.00. The van der Waals surface area contributed by atoms with Crippen LogP contribution in [0, 0.1) is 10.1 Å². The maximum absolute atomic E-state index is 12.3. The van der Waals surface area contributed by atoms with Gasteiger partial charge in [0.2, 0.25) is 0 Å². The molecule has 8 nitrogen and oxygen atoms in total. The van der Waals surface area contributed by atoms with Gasteiger partial charge < -0.3 is 20.4 Å². The van der Waals surface area contributed by atoms with Crippen molar-refractivity contribution in [3.05, 3.63) is 28.1 Å². The lowest BCUT2D eigenvalue weighted by Crippen LogP contribution is -2.64. The van der Waals surface area contributed by atoms with Crippen molar-refractivity contribution in [3.8, 4) is 0 Å². The fraction of sp³-hybridized carbons (Fsp3) is 0.615.